The number of aryl methyl sites for hydroxylation is 2. The Labute approximate surface area is 125 Å². The normalized spacial score (nSPS) is 11.9. The van der Waals surface area contributed by atoms with Crippen LogP contribution in [-0.4, -0.2) is 24.7 Å². The van der Waals surface area contributed by atoms with Crippen LogP contribution in [0.3, 0.4) is 0 Å². The fraction of sp³-hybridized carbons (Fsp3) is 0.600. The van der Waals surface area contributed by atoms with Gasteiger partial charge in [0.1, 0.15) is 17.5 Å². The van der Waals surface area contributed by atoms with E-state index >= 15 is 0 Å². The van der Waals surface area contributed by atoms with Crippen LogP contribution in [0.2, 0.25) is 0 Å². The van der Waals surface area contributed by atoms with Gasteiger partial charge in [-0.05, 0) is 6.92 Å². The molecule has 2 aromatic rings. The van der Waals surface area contributed by atoms with E-state index in [-0.39, 0.29) is 5.41 Å². The topological polar surface area (TPSA) is 82.5 Å². The third-order valence-corrected chi connectivity index (χ3v) is 3.38. The van der Waals surface area contributed by atoms with Crippen molar-refractivity contribution in [3.63, 3.8) is 0 Å². The van der Waals surface area contributed by atoms with Crippen LogP contribution in [-0.2, 0) is 18.3 Å². The summed E-state index contributed by atoms with van der Waals surface area (Å²) >= 11 is 0. The molecule has 2 rings (SSSR count). The molecule has 0 saturated heterocycles. The molecule has 0 aliphatic carbocycles. The average Bonchev–Trinajstić information content (AvgIpc) is 2.83. The Morgan fingerprint density at radius 2 is 1.71 bits per heavy atom. The molecule has 2 N–H and O–H groups in total. The monoisotopic (exact) mass is 288 g/mol. The number of hydrogen-bond acceptors (Lipinski definition) is 5. The van der Waals surface area contributed by atoms with Gasteiger partial charge in [0, 0.05) is 23.8 Å². The second-order valence-corrected chi connectivity index (χ2v) is 6.19. The third-order valence-electron chi connectivity index (χ3n) is 3.38. The molecule has 0 aliphatic heterocycles. The summed E-state index contributed by atoms with van der Waals surface area (Å²) in [7, 11) is 0. The molecule has 0 fully saturated rings. The number of aromatic nitrogens is 5. The number of nitrogens with zero attached hydrogens (tertiary/aromatic N) is 5. The van der Waals surface area contributed by atoms with Gasteiger partial charge < -0.3 is 5.73 Å². The van der Waals surface area contributed by atoms with Crippen molar-refractivity contribution in [2.75, 3.05) is 5.73 Å². The van der Waals surface area contributed by atoms with Gasteiger partial charge in [0.2, 0.25) is 0 Å². The molecular formula is C15H24N6. The summed E-state index contributed by atoms with van der Waals surface area (Å²) in [4.78, 5) is 13.7. The zero-order valence-electron chi connectivity index (χ0n) is 13.7. The predicted octanol–water partition coefficient (Wildman–Crippen LogP) is 2.37. The molecule has 0 aliphatic rings. The van der Waals surface area contributed by atoms with Crippen molar-refractivity contribution < 1.29 is 0 Å². The maximum absolute atomic E-state index is 6.07. The minimum atomic E-state index is -0.170. The van der Waals surface area contributed by atoms with E-state index in [9.17, 15) is 0 Å². The number of nitrogen functional groups attached to an aromatic ring is 1. The standard InChI is InChI=1S/C15H24N6/c1-7-10-17-11(8-2)21(20-10)13-9(3)12(16)18-14(19-13)15(4,5)6/h7-8H2,1-6H3,(H2,16,18,19). The first-order chi connectivity index (χ1) is 9.77. The van der Waals surface area contributed by atoms with Crippen molar-refractivity contribution >= 4 is 5.82 Å². The number of hydrogen-bond donors (Lipinski definition) is 1. The van der Waals surface area contributed by atoms with Crippen LogP contribution < -0.4 is 5.73 Å². The molecule has 0 spiro atoms. The molecule has 2 aromatic heterocycles. The number of nitrogens with two attached hydrogens (primary N) is 1. The second kappa shape index (κ2) is 5.42. The fourth-order valence-corrected chi connectivity index (χ4v) is 2.00. The molecule has 0 saturated carbocycles. The van der Waals surface area contributed by atoms with Crippen molar-refractivity contribution in [3.8, 4) is 5.82 Å². The lowest BCUT2D eigenvalue weighted by molar-refractivity contribution is 0.541. The highest BCUT2D eigenvalue weighted by atomic mass is 15.4. The zero-order chi connectivity index (χ0) is 15.8. The lowest BCUT2D eigenvalue weighted by Crippen LogP contribution is -2.20. The molecule has 0 unspecified atom stereocenters. The van der Waals surface area contributed by atoms with Crippen LogP contribution >= 0.6 is 0 Å². The van der Waals surface area contributed by atoms with Crippen LogP contribution in [0.4, 0.5) is 5.82 Å². The van der Waals surface area contributed by atoms with E-state index in [0.29, 0.717) is 5.82 Å². The van der Waals surface area contributed by atoms with Crippen molar-refractivity contribution in [2.24, 2.45) is 0 Å². The first-order valence-corrected chi connectivity index (χ1v) is 7.37. The number of anilines is 1. The van der Waals surface area contributed by atoms with E-state index in [1.807, 2.05) is 13.8 Å². The van der Waals surface area contributed by atoms with Gasteiger partial charge in [0.15, 0.2) is 11.6 Å². The predicted molar refractivity (Wildman–Crippen MR) is 83.6 cm³/mol. The number of rotatable bonds is 3. The zero-order valence-corrected chi connectivity index (χ0v) is 13.7. The summed E-state index contributed by atoms with van der Waals surface area (Å²) in [5.41, 5.74) is 6.74. The molecule has 0 bridgehead atoms. The summed E-state index contributed by atoms with van der Waals surface area (Å²) in [5, 5.41) is 4.55. The molecule has 0 radical (unpaired) electrons. The minimum Gasteiger partial charge on any atom is -0.383 e. The molecule has 0 amide bonds. The van der Waals surface area contributed by atoms with Crippen LogP contribution in [0.5, 0.6) is 0 Å². The maximum atomic E-state index is 6.07. The van der Waals surface area contributed by atoms with Crippen LogP contribution in [0.1, 0.15) is 57.7 Å². The summed E-state index contributed by atoms with van der Waals surface area (Å²) in [6.45, 7) is 12.2. The van der Waals surface area contributed by atoms with Gasteiger partial charge in [0.05, 0.1) is 0 Å². The van der Waals surface area contributed by atoms with E-state index in [0.717, 1.165) is 41.7 Å². The Kier molecular flexibility index (Phi) is 3.98. The van der Waals surface area contributed by atoms with Gasteiger partial charge in [-0.25, -0.2) is 15.0 Å². The van der Waals surface area contributed by atoms with E-state index in [1.165, 1.54) is 0 Å². The third kappa shape index (κ3) is 2.89. The van der Waals surface area contributed by atoms with Gasteiger partial charge in [0.25, 0.3) is 0 Å². The van der Waals surface area contributed by atoms with Gasteiger partial charge >= 0.3 is 0 Å². The lowest BCUT2D eigenvalue weighted by Gasteiger charge is -2.19. The summed E-state index contributed by atoms with van der Waals surface area (Å²) in [6.07, 6.45) is 1.59. The van der Waals surface area contributed by atoms with E-state index < -0.39 is 0 Å². The largest absolute Gasteiger partial charge is 0.383 e. The van der Waals surface area contributed by atoms with Crippen molar-refractivity contribution in [1.29, 1.82) is 0 Å². The van der Waals surface area contributed by atoms with E-state index in [4.69, 9.17) is 10.7 Å². The van der Waals surface area contributed by atoms with Crippen molar-refractivity contribution in [2.45, 2.75) is 59.8 Å². The highest BCUT2D eigenvalue weighted by Gasteiger charge is 2.22. The second-order valence-electron chi connectivity index (χ2n) is 6.19. The van der Waals surface area contributed by atoms with Gasteiger partial charge in [-0.1, -0.05) is 34.6 Å². The van der Waals surface area contributed by atoms with Crippen LogP contribution in [0, 0.1) is 6.92 Å². The maximum Gasteiger partial charge on any atom is 0.164 e. The first-order valence-electron chi connectivity index (χ1n) is 7.37. The highest BCUT2D eigenvalue weighted by molar-refractivity contribution is 5.48. The van der Waals surface area contributed by atoms with Crippen LogP contribution in [0.15, 0.2) is 0 Å². The fourth-order valence-electron chi connectivity index (χ4n) is 2.00. The van der Waals surface area contributed by atoms with Crippen molar-refractivity contribution in [1.82, 2.24) is 24.7 Å². The summed E-state index contributed by atoms with van der Waals surface area (Å²) in [5.74, 6) is 3.67. The van der Waals surface area contributed by atoms with Crippen LogP contribution in [0.25, 0.3) is 5.82 Å². The molecular weight excluding hydrogens is 264 g/mol. The highest BCUT2D eigenvalue weighted by Crippen LogP contribution is 2.24. The van der Waals surface area contributed by atoms with Gasteiger partial charge in [-0.3, -0.25) is 0 Å². The lowest BCUT2D eigenvalue weighted by atomic mass is 9.95. The Morgan fingerprint density at radius 1 is 1.05 bits per heavy atom. The Bertz CT molecular complexity index is 651. The molecule has 6 nitrogen and oxygen atoms in total. The Morgan fingerprint density at radius 3 is 2.24 bits per heavy atom. The SMILES string of the molecule is CCc1nc(CC)n(-c2nc(C(C)(C)C)nc(N)c2C)n1. The molecule has 114 valence electrons. The van der Waals surface area contributed by atoms with Gasteiger partial charge in [-0.2, -0.15) is 4.68 Å². The first kappa shape index (κ1) is 15.4. The smallest absolute Gasteiger partial charge is 0.164 e. The molecule has 2 heterocycles. The summed E-state index contributed by atoms with van der Waals surface area (Å²) in [6, 6.07) is 0. The average molecular weight is 288 g/mol. The summed E-state index contributed by atoms with van der Waals surface area (Å²) < 4.78 is 1.81. The Hall–Kier alpha value is -1.98. The van der Waals surface area contributed by atoms with Gasteiger partial charge in [-0.15, -0.1) is 5.10 Å². The van der Waals surface area contributed by atoms with E-state index in [2.05, 4.69) is 42.8 Å². The molecule has 0 atom stereocenters. The molecule has 21 heavy (non-hydrogen) atoms. The molecule has 6 heteroatoms. The van der Waals surface area contributed by atoms with Crippen molar-refractivity contribution in [3.05, 3.63) is 23.0 Å². The Balaban J connectivity index is 2.68. The van der Waals surface area contributed by atoms with E-state index in [1.54, 1.807) is 4.68 Å². The molecule has 0 aromatic carbocycles. The quantitative estimate of drug-likeness (QED) is 0.937. The minimum absolute atomic E-state index is 0.170.